The average Bonchev–Trinajstić information content (AvgIpc) is 2.16. The van der Waals surface area contributed by atoms with Gasteiger partial charge in [0.25, 0.3) is 0 Å². The number of nitriles is 1. The lowest BCUT2D eigenvalue weighted by molar-refractivity contribution is 0.883. The van der Waals surface area contributed by atoms with E-state index in [1.165, 1.54) is 6.20 Å². The Morgan fingerprint density at radius 1 is 1.64 bits per heavy atom. The molecule has 0 fully saturated rings. The minimum absolute atomic E-state index is 0.110. The van der Waals surface area contributed by atoms with Crippen molar-refractivity contribution in [2.75, 3.05) is 5.32 Å². The Labute approximate surface area is 82.3 Å². The maximum absolute atomic E-state index is 8.60. The molecule has 0 aliphatic heterocycles. The third kappa shape index (κ3) is 2.26. The molecular weight excluding hydrogens is 178 g/mol. The highest BCUT2D eigenvalue weighted by Crippen LogP contribution is 2.09. The van der Waals surface area contributed by atoms with Crippen LogP contribution in [-0.4, -0.2) is 22.2 Å². The van der Waals surface area contributed by atoms with Gasteiger partial charge >= 0.3 is 0 Å². The molecule has 72 valence electrons. The van der Waals surface area contributed by atoms with E-state index in [2.05, 4.69) is 15.3 Å². The van der Waals surface area contributed by atoms with Crippen LogP contribution < -0.4 is 5.32 Å². The van der Waals surface area contributed by atoms with Crippen LogP contribution in [0.4, 0.5) is 5.82 Å². The quantitative estimate of drug-likeness (QED) is 0.699. The van der Waals surface area contributed by atoms with Crippen molar-refractivity contribution in [2.24, 2.45) is 0 Å². The summed E-state index contributed by atoms with van der Waals surface area (Å²) in [7, 11) is 0. The van der Waals surface area contributed by atoms with Gasteiger partial charge in [0.2, 0.25) is 5.82 Å². The van der Waals surface area contributed by atoms with Gasteiger partial charge in [0, 0.05) is 18.5 Å². The number of hydrogen-bond donors (Lipinski definition) is 2. The van der Waals surface area contributed by atoms with Crippen molar-refractivity contribution in [1.29, 1.82) is 10.7 Å². The number of aromatic nitrogens is 2. The SMILES string of the molecule is CC(C)Nc1nc(C#N)ncc1C=N. The van der Waals surface area contributed by atoms with Crippen LogP contribution in [0, 0.1) is 16.7 Å². The first kappa shape index (κ1) is 10.1. The Balaban J connectivity index is 3.09. The summed E-state index contributed by atoms with van der Waals surface area (Å²) in [6, 6.07) is 2.06. The van der Waals surface area contributed by atoms with Crippen LogP contribution in [0.1, 0.15) is 25.2 Å². The smallest absolute Gasteiger partial charge is 0.234 e. The number of nitrogens with zero attached hydrogens (tertiary/aromatic N) is 3. The van der Waals surface area contributed by atoms with Gasteiger partial charge < -0.3 is 10.7 Å². The van der Waals surface area contributed by atoms with Gasteiger partial charge in [-0.25, -0.2) is 9.97 Å². The molecule has 0 aliphatic carbocycles. The van der Waals surface area contributed by atoms with E-state index in [1.54, 1.807) is 0 Å². The zero-order valence-electron chi connectivity index (χ0n) is 8.07. The molecule has 5 nitrogen and oxygen atoms in total. The van der Waals surface area contributed by atoms with Crippen LogP contribution in [0.15, 0.2) is 6.20 Å². The normalized spacial score (nSPS) is 9.57. The summed E-state index contributed by atoms with van der Waals surface area (Å²) < 4.78 is 0. The summed E-state index contributed by atoms with van der Waals surface area (Å²) in [5, 5.41) is 18.8. The fourth-order valence-corrected chi connectivity index (χ4v) is 0.940. The van der Waals surface area contributed by atoms with Crippen molar-refractivity contribution in [2.45, 2.75) is 19.9 Å². The third-order valence-electron chi connectivity index (χ3n) is 1.50. The molecule has 0 saturated heterocycles. The van der Waals surface area contributed by atoms with Crippen LogP contribution in [0.2, 0.25) is 0 Å². The van der Waals surface area contributed by atoms with Crippen molar-refractivity contribution in [3.05, 3.63) is 17.6 Å². The minimum atomic E-state index is 0.110. The lowest BCUT2D eigenvalue weighted by Gasteiger charge is -2.10. The van der Waals surface area contributed by atoms with Gasteiger partial charge in [-0.1, -0.05) is 0 Å². The van der Waals surface area contributed by atoms with Gasteiger partial charge in [0.15, 0.2) is 0 Å². The molecule has 0 unspecified atom stereocenters. The van der Waals surface area contributed by atoms with Crippen LogP contribution in [0.25, 0.3) is 0 Å². The minimum Gasteiger partial charge on any atom is -0.367 e. The van der Waals surface area contributed by atoms with Crippen LogP contribution in [0.5, 0.6) is 0 Å². The van der Waals surface area contributed by atoms with Crippen molar-refractivity contribution in [3.63, 3.8) is 0 Å². The first-order valence-corrected chi connectivity index (χ1v) is 4.21. The standard InChI is InChI=1S/C9H11N5/c1-6(2)13-9-7(3-10)5-12-8(4-11)14-9/h3,5-6,10H,1-2H3,(H,12,13,14). The Kier molecular flexibility index (Phi) is 3.13. The molecule has 1 heterocycles. The van der Waals surface area contributed by atoms with Crippen LogP contribution in [-0.2, 0) is 0 Å². The highest BCUT2D eigenvalue weighted by Gasteiger charge is 2.05. The van der Waals surface area contributed by atoms with Gasteiger partial charge in [-0.15, -0.1) is 0 Å². The summed E-state index contributed by atoms with van der Waals surface area (Å²) in [6.07, 6.45) is 2.62. The second-order valence-corrected chi connectivity index (χ2v) is 3.05. The Morgan fingerprint density at radius 2 is 2.36 bits per heavy atom. The monoisotopic (exact) mass is 189 g/mol. The molecular formula is C9H11N5. The van der Waals surface area contributed by atoms with E-state index in [0.29, 0.717) is 11.4 Å². The lowest BCUT2D eigenvalue weighted by Crippen LogP contribution is -2.14. The summed E-state index contributed by atoms with van der Waals surface area (Å²) in [4.78, 5) is 7.74. The van der Waals surface area contributed by atoms with Crippen molar-refractivity contribution in [3.8, 4) is 6.07 Å². The van der Waals surface area contributed by atoms with Crippen LogP contribution in [0.3, 0.4) is 0 Å². The van der Waals surface area contributed by atoms with Crippen molar-refractivity contribution >= 4 is 12.0 Å². The highest BCUT2D eigenvalue weighted by molar-refractivity contribution is 5.83. The second-order valence-electron chi connectivity index (χ2n) is 3.05. The van der Waals surface area contributed by atoms with Crippen LogP contribution >= 0.6 is 0 Å². The maximum Gasteiger partial charge on any atom is 0.234 e. The molecule has 1 rings (SSSR count). The van der Waals surface area contributed by atoms with E-state index >= 15 is 0 Å². The van der Waals surface area contributed by atoms with Crippen molar-refractivity contribution < 1.29 is 0 Å². The van der Waals surface area contributed by atoms with Gasteiger partial charge in [-0.3, -0.25) is 0 Å². The molecule has 14 heavy (non-hydrogen) atoms. The molecule has 0 aliphatic rings. The topological polar surface area (TPSA) is 85.5 Å². The molecule has 0 amide bonds. The van der Waals surface area contributed by atoms with Gasteiger partial charge in [-0.2, -0.15) is 5.26 Å². The summed E-state index contributed by atoms with van der Waals surface area (Å²) in [5.41, 5.74) is 0.581. The maximum atomic E-state index is 8.60. The molecule has 0 spiro atoms. The summed E-state index contributed by atoms with van der Waals surface area (Å²) in [5.74, 6) is 0.639. The Bertz CT molecular complexity index is 377. The highest BCUT2D eigenvalue weighted by atomic mass is 15.0. The van der Waals surface area contributed by atoms with Gasteiger partial charge in [0.1, 0.15) is 11.9 Å². The van der Waals surface area contributed by atoms with E-state index in [-0.39, 0.29) is 11.9 Å². The first-order chi connectivity index (χ1) is 6.67. The predicted molar refractivity (Wildman–Crippen MR) is 53.4 cm³/mol. The Hall–Kier alpha value is -1.96. The van der Waals surface area contributed by atoms with Gasteiger partial charge in [0.05, 0.1) is 5.56 Å². The molecule has 2 N–H and O–H groups in total. The predicted octanol–water partition coefficient (Wildman–Crippen LogP) is 1.17. The van der Waals surface area contributed by atoms with E-state index in [0.717, 1.165) is 6.21 Å². The molecule has 1 aromatic rings. The Morgan fingerprint density at radius 3 is 2.86 bits per heavy atom. The zero-order chi connectivity index (χ0) is 10.6. The summed E-state index contributed by atoms with van der Waals surface area (Å²) >= 11 is 0. The molecule has 0 saturated carbocycles. The number of rotatable bonds is 3. The molecule has 0 aromatic carbocycles. The molecule has 5 heteroatoms. The largest absolute Gasteiger partial charge is 0.367 e. The van der Waals surface area contributed by atoms with E-state index in [9.17, 15) is 0 Å². The van der Waals surface area contributed by atoms with E-state index in [1.807, 2.05) is 19.9 Å². The van der Waals surface area contributed by atoms with E-state index in [4.69, 9.17) is 10.7 Å². The van der Waals surface area contributed by atoms with Gasteiger partial charge in [-0.05, 0) is 13.8 Å². The number of anilines is 1. The molecule has 0 atom stereocenters. The summed E-state index contributed by atoms with van der Waals surface area (Å²) in [6.45, 7) is 3.92. The van der Waals surface area contributed by atoms with E-state index < -0.39 is 0 Å². The zero-order valence-corrected chi connectivity index (χ0v) is 8.07. The fourth-order valence-electron chi connectivity index (χ4n) is 0.940. The first-order valence-electron chi connectivity index (χ1n) is 4.21. The number of nitrogens with one attached hydrogen (secondary N) is 2. The second kappa shape index (κ2) is 4.33. The lowest BCUT2D eigenvalue weighted by atomic mass is 10.3. The average molecular weight is 189 g/mol. The molecule has 0 bridgehead atoms. The third-order valence-corrected chi connectivity index (χ3v) is 1.50. The van der Waals surface area contributed by atoms with Crippen molar-refractivity contribution in [1.82, 2.24) is 9.97 Å². The fraction of sp³-hybridized carbons (Fsp3) is 0.333. The molecule has 1 aromatic heterocycles. The molecule has 0 radical (unpaired) electrons. The number of hydrogen-bond acceptors (Lipinski definition) is 5.